The first-order valence-electron chi connectivity index (χ1n) is 3.64. The van der Waals surface area contributed by atoms with Crippen LogP contribution >= 0.6 is 0 Å². The highest BCUT2D eigenvalue weighted by Gasteiger charge is 2.21. The van der Waals surface area contributed by atoms with Crippen LogP contribution in [0.15, 0.2) is 0 Å². The van der Waals surface area contributed by atoms with Crippen LogP contribution in [0.2, 0.25) is 0 Å². The zero-order valence-electron chi connectivity index (χ0n) is 6.04. The molecule has 59 valence electrons. The Morgan fingerprint density at radius 3 is 2.20 bits per heavy atom. The Hall–Kier alpha value is -0.0500. The van der Waals surface area contributed by atoms with Gasteiger partial charge in [-0.2, -0.15) is 0 Å². The van der Waals surface area contributed by atoms with Gasteiger partial charge < -0.3 is 0 Å². The molecule has 1 saturated heterocycles. The van der Waals surface area contributed by atoms with Crippen LogP contribution in [-0.4, -0.2) is 19.9 Å². The van der Waals surface area contributed by atoms with Crippen molar-refractivity contribution in [2.45, 2.75) is 19.3 Å². The van der Waals surface area contributed by atoms with Crippen molar-refractivity contribution in [2.24, 2.45) is 5.92 Å². The van der Waals surface area contributed by atoms with E-state index in [0.717, 1.165) is 19.3 Å². The topological polar surface area (TPSA) is 34.1 Å². The largest absolute Gasteiger partial charge is 0.229 e. The molecule has 1 rings (SSSR count). The molecule has 0 saturated carbocycles. The second-order valence-corrected chi connectivity index (χ2v) is 5.19. The fraction of sp³-hybridized carbons (Fsp3) is 0.857. The molecule has 1 heterocycles. The lowest BCUT2D eigenvalue weighted by molar-refractivity contribution is 0.468. The van der Waals surface area contributed by atoms with Gasteiger partial charge in [0.25, 0.3) is 0 Å². The standard InChI is InChI=1S/C7H13O2S/c1-2-7-3-5-10(8,9)6-4-7/h7H,1-6H2. The first kappa shape index (κ1) is 8.05. The summed E-state index contributed by atoms with van der Waals surface area (Å²) in [6, 6.07) is 0. The van der Waals surface area contributed by atoms with Crippen molar-refractivity contribution in [1.29, 1.82) is 0 Å². The van der Waals surface area contributed by atoms with E-state index in [1.165, 1.54) is 0 Å². The Balaban J connectivity index is 2.46. The highest BCUT2D eigenvalue weighted by atomic mass is 32.2. The van der Waals surface area contributed by atoms with Crippen LogP contribution in [0.4, 0.5) is 0 Å². The van der Waals surface area contributed by atoms with Gasteiger partial charge in [0, 0.05) is 0 Å². The highest BCUT2D eigenvalue weighted by molar-refractivity contribution is 7.91. The maximum Gasteiger partial charge on any atom is 0.150 e. The SMILES string of the molecule is [CH2]CC1CCS(=O)(=O)CC1. The molecule has 1 aliphatic rings. The van der Waals surface area contributed by atoms with Crippen LogP contribution in [0.5, 0.6) is 0 Å². The highest BCUT2D eigenvalue weighted by Crippen LogP contribution is 2.20. The van der Waals surface area contributed by atoms with Gasteiger partial charge in [0.2, 0.25) is 0 Å². The quantitative estimate of drug-likeness (QED) is 0.575. The first-order valence-corrected chi connectivity index (χ1v) is 5.46. The van der Waals surface area contributed by atoms with Gasteiger partial charge in [-0.15, -0.1) is 0 Å². The molecule has 1 fully saturated rings. The van der Waals surface area contributed by atoms with E-state index in [-0.39, 0.29) is 0 Å². The van der Waals surface area contributed by atoms with Gasteiger partial charge in [0.05, 0.1) is 11.5 Å². The summed E-state index contributed by atoms with van der Waals surface area (Å²) in [5, 5.41) is 0. The maximum absolute atomic E-state index is 10.9. The third-order valence-corrected chi connectivity index (χ3v) is 3.80. The van der Waals surface area contributed by atoms with Crippen LogP contribution in [0.3, 0.4) is 0 Å². The Labute approximate surface area is 62.5 Å². The molecule has 0 aliphatic carbocycles. The van der Waals surface area contributed by atoms with Crippen molar-refractivity contribution in [3.05, 3.63) is 6.92 Å². The molecule has 0 aromatic heterocycles. The lowest BCUT2D eigenvalue weighted by Gasteiger charge is -2.19. The average molecular weight is 161 g/mol. The lowest BCUT2D eigenvalue weighted by atomic mass is 10.0. The molecule has 0 amide bonds. The Morgan fingerprint density at radius 1 is 1.30 bits per heavy atom. The Kier molecular flexibility index (Phi) is 2.34. The summed E-state index contributed by atoms with van der Waals surface area (Å²) < 4.78 is 21.8. The fourth-order valence-corrected chi connectivity index (χ4v) is 2.82. The molecule has 10 heavy (non-hydrogen) atoms. The third-order valence-electron chi connectivity index (χ3n) is 2.08. The average Bonchev–Trinajstić information content (AvgIpc) is 1.88. The van der Waals surface area contributed by atoms with Gasteiger partial charge in [-0.1, -0.05) is 13.3 Å². The summed E-state index contributed by atoms with van der Waals surface area (Å²) in [7, 11) is -2.65. The molecular formula is C7H13O2S. The van der Waals surface area contributed by atoms with E-state index in [1.54, 1.807) is 0 Å². The molecule has 0 aromatic carbocycles. The summed E-state index contributed by atoms with van der Waals surface area (Å²) in [6.07, 6.45) is 2.53. The molecule has 2 nitrogen and oxygen atoms in total. The third kappa shape index (κ3) is 1.97. The molecule has 0 N–H and O–H groups in total. The Morgan fingerprint density at radius 2 is 1.80 bits per heavy atom. The minimum Gasteiger partial charge on any atom is -0.229 e. The Bertz CT molecular complexity index is 180. The zero-order chi connectivity index (χ0) is 7.61. The van der Waals surface area contributed by atoms with Crippen LogP contribution < -0.4 is 0 Å². The van der Waals surface area contributed by atoms with Gasteiger partial charge in [0.1, 0.15) is 9.84 Å². The normalized spacial score (nSPS) is 26.5. The molecule has 0 aromatic rings. The van der Waals surface area contributed by atoms with Gasteiger partial charge in [0.15, 0.2) is 0 Å². The van der Waals surface area contributed by atoms with Crippen molar-refractivity contribution in [3.8, 4) is 0 Å². The predicted octanol–water partition coefficient (Wildman–Crippen LogP) is 1.04. The molecule has 0 atom stereocenters. The molecule has 1 aliphatic heterocycles. The van der Waals surface area contributed by atoms with Crippen molar-refractivity contribution >= 4 is 9.84 Å². The summed E-state index contributed by atoms with van der Waals surface area (Å²) in [5.74, 6) is 1.32. The molecule has 0 bridgehead atoms. The first-order chi connectivity index (χ1) is 4.64. The summed E-state index contributed by atoms with van der Waals surface area (Å²) in [4.78, 5) is 0. The summed E-state index contributed by atoms with van der Waals surface area (Å²) in [5.41, 5.74) is 0. The van der Waals surface area contributed by atoms with Gasteiger partial charge in [-0.25, -0.2) is 8.42 Å². The van der Waals surface area contributed by atoms with Crippen molar-refractivity contribution in [2.75, 3.05) is 11.5 Å². The zero-order valence-corrected chi connectivity index (χ0v) is 6.86. The molecule has 1 radical (unpaired) electrons. The molecule has 0 spiro atoms. The lowest BCUT2D eigenvalue weighted by Crippen LogP contribution is -2.22. The monoisotopic (exact) mass is 161 g/mol. The van der Waals surface area contributed by atoms with Crippen LogP contribution in [-0.2, 0) is 9.84 Å². The van der Waals surface area contributed by atoms with E-state index in [9.17, 15) is 8.42 Å². The predicted molar refractivity (Wildman–Crippen MR) is 41.4 cm³/mol. The number of hydrogen-bond donors (Lipinski definition) is 0. The molecule has 3 heteroatoms. The minimum absolute atomic E-state index is 0.382. The number of hydrogen-bond acceptors (Lipinski definition) is 2. The second kappa shape index (κ2) is 2.91. The summed E-state index contributed by atoms with van der Waals surface area (Å²) in [6.45, 7) is 3.76. The van der Waals surface area contributed by atoms with E-state index in [1.807, 2.05) is 0 Å². The van der Waals surface area contributed by atoms with Crippen LogP contribution in [0.1, 0.15) is 19.3 Å². The fourth-order valence-electron chi connectivity index (χ4n) is 1.23. The number of rotatable bonds is 1. The van der Waals surface area contributed by atoms with Gasteiger partial charge >= 0.3 is 0 Å². The van der Waals surface area contributed by atoms with Gasteiger partial charge in [-0.05, 0) is 18.8 Å². The molecular weight excluding hydrogens is 148 g/mol. The number of sulfone groups is 1. The van der Waals surface area contributed by atoms with E-state index >= 15 is 0 Å². The van der Waals surface area contributed by atoms with E-state index in [0.29, 0.717) is 17.4 Å². The van der Waals surface area contributed by atoms with Gasteiger partial charge in [-0.3, -0.25) is 0 Å². The van der Waals surface area contributed by atoms with E-state index < -0.39 is 9.84 Å². The van der Waals surface area contributed by atoms with Crippen molar-refractivity contribution in [3.63, 3.8) is 0 Å². The van der Waals surface area contributed by atoms with Crippen LogP contribution in [0, 0.1) is 12.8 Å². The maximum atomic E-state index is 10.9. The smallest absolute Gasteiger partial charge is 0.150 e. The van der Waals surface area contributed by atoms with E-state index in [4.69, 9.17) is 0 Å². The van der Waals surface area contributed by atoms with Crippen LogP contribution in [0.25, 0.3) is 0 Å². The van der Waals surface area contributed by atoms with Crippen molar-refractivity contribution < 1.29 is 8.42 Å². The minimum atomic E-state index is -2.65. The second-order valence-electron chi connectivity index (χ2n) is 2.88. The van der Waals surface area contributed by atoms with Crippen molar-refractivity contribution in [1.82, 2.24) is 0 Å². The summed E-state index contributed by atoms with van der Waals surface area (Å²) >= 11 is 0. The molecule has 0 unspecified atom stereocenters. The van der Waals surface area contributed by atoms with E-state index in [2.05, 4.69) is 6.92 Å².